The maximum Gasteiger partial charge on any atom is 0.220 e. The first-order valence-corrected chi connectivity index (χ1v) is 15.7. The number of amides is 1. The molecule has 0 heterocycles. The molecule has 224 valence electrons. The first kappa shape index (κ1) is 30.0. The number of hydrogen-bond acceptors (Lipinski definition) is 6. The Morgan fingerprint density at radius 2 is 1.75 bits per heavy atom. The summed E-state index contributed by atoms with van der Waals surface area (Å²) < 4.78 is 0. The summed E-state index contributed by atoms with van der Waals surface area (Å²) >= 11 is 0. The smallest absolute Gasteiger partial charge is 0.220 e. The number of aliphatic hydroxyl groups is 5. The minimum Gasteiger partial charge on any atom is -0.394 e. The average molecular weight is 558 g/mol. The van der Waals surface area contributed by atoms with Crippen molar-refractivity contribution in [3.05, 3.63) is 35.9 Å². The zero-order valence-electron chi connectivity index (χ0n) is 24.5. The molecule has 6 N–H and O–H groups in total. The molecule has 5 rings (SSSR count). The summed E-state index contributed by atoms with van der Waals surface area (Å²) in [7, 11) is 0. The molecule has 0 aliphatic heterocycles. The zero-order valence-corrected chi connectivity index (χ0v) is 24.5. The van der Waals surface area contributed by atoms with E-state index in [2.05, 4.69) is 26.1 Å². The van der Waals surface area contributed by atoms with Crippen LogP contribution >= 0.6 is 0 Å². The van der Waals surface area contributed by atoms with Crippen LogP contribution in [0.15, 0.2) is 30.3 Å². The van der Waals surface area contributed by atoms with E-state index in [1.54, 1.807) is 12.1 Å². The van der Waals surface area contributed by atoms with Crippen LogP contribution in [-0.2, 0) is 4.79 Å². The summed E-state index contributed by atoms with van der Waals surface area (Å²) in [4.78, 5) is 12.9. The lowest BCUT2D eigenvalue weighted by atomic mass is 9.43. The van der Waals surface area contributed by atoms with Crippen molar-refractivity contribution in [2.75, 3.05) is 6.61 Å². The molecule has 0 bridgehead atoms. The van der Waals surface area contributed by atoms with Gasteiger partial charge in [0, 0.05) is 6.42 Å². The van der Waals surface area contributed by atoms with Crippen molar-refractivity contribution in [1.82, 2.24) is 5.32 Å². The number of carbonyl (C=O) groups excluding carboxylic acids is 1. The van der Waals surface area contributed by atoms with Crippen LogP contribution in [0, 0.1) is 46.3 Å². The summed E-state index contributed by atoms with van der Waals surface area (Å²) in [6, 6.07) is 8.28. The lowest BCUT2D eigenvalue weighted by Crippen LogP contribution is -2.62. The first-order valence-electron chi connectivity index (χ1n) is 15.7. The Bertz CT molecular complexity index is 1020. The van der Waals surface area contributed by atoms with Crippen LogP contribution in [0.3, 0.4) is 0 Å². The topological polar surface area (TPSA) is 130 Å². The molecule has 7 heteroatoms. The van der Waals surface area contributed by atoms with Gasteiger partial charge in [0.05, 0.1) is 31.0 Å². The third kappa shape index (κ3) is 5.15. The van der Waals surface area contributed by atoms with E-state index in [0.29, 0.717) is 30.7 Å². The van der Waals surface area contributed by atoms with E-state index in [1.165, 1.54) is 0 Å². The fraction of sp³-hybridized carbons (Fsp3) is 0.788. The molecule has 4 aliphatic carbocycles. The van der Waals surface area contributed by atoms with Crippen molar-refractivity contribution in [2.24, 2.45) is 46.3 Å². The molecule has 1 unspecified atom stereocenters. The van der Waals surface area contributed by atoms with E-state index >= 15 is 0 Å². The normalized spacial score (nSPS) is 43.1. The second-order valence-corrected chi connectivity index (χ2v) is 14.3. The van der Waals surface area contributed by atoms with Gasteiger partial charge in [0.25, 0.3) is 0 Å². The molecule has 13 atom stereocenters. The van der Waals surface area contributed by atoms with Gasteiger partial charge < -0.3 is 30.8 Å². The highest BCUT2D eigenvalue weighted by atomic mass is 16.3. The number of benzene rings is 1. The van der Waals surface area contributed by atoms with Crippen molar-refractivity contribution in [2.45, 2.75) is 109 Å². The Balaban J connectivity index is 1.23. The highest BCUT2D eigenvalue weighted by Crippen LogP contribution is 2.68. The summed E-state index contributed by atoms with van der Waals surface area (Å²) in [6.45, 7) is 6.42. The maximum atomic E-state index is 12.9. The average Bonchev–Trinajstić information content (AvgIpc) is 3.30. The van der Waals surface area contributed by atoms with Gasteiger partial charge in [0.15, 0.2) is 0 Å². The standard InChI is InChI=1S/C33H51NO6/c1-19(9-12-29(39)34-26(18-35)31(40)20-7-5-4-6-8-20)23-10-11-24-30-25(17-28(38)33(23,24)3)32(2)14-13-22(36)15-21(32)16-27(30)37/h4-8,19,21-28,30-31,35-38,40H,9-18H2,1-3H3,(H,34,39)/t19-,21+,22-,23-,24+,25+,26-,27?,28+,30+,31-,32+,33-/m1/s1. The van der Waals surface area contributed by atoms with Gasteiger partial charge in [-0.05, 0) is 103 Å². The molecule has 1 aromatic rings. The molecule has 1 amide bonds. The van der Waals surface area contributed by atoms with Crippen LogP contribution in [-0.4, -0.2) is 62.4 Å². The Hall–Kier alpha value is -1.51. The highest BCUT2D eigenvalue weighted by molar-refractivity contribution is 5.76. The third-order valence-electron chi connectivity index (χ3n) is 12.4. The van der Waals surface area contributed by atoms with E-state index in [4.69, 9.17) is 0 Å². The van der Waals surface area contributed by atoms with E-state index in [-0.39, 0.29) is 59.0 Å². The van der Waals surface area contributed by atoms with Crippen molar-refractivity contribution in [1.29, 1.82) is 0 Å². The molecule has 0 spiro atoms. The second kappa shape index (κ2) is 11.6. The minimum absolute atomic E-state index is 0.0563. The van der Waals surface area contributed by atoms with Gasteiger partial charge in [-0.2, -0.15) is 0 Å². The summed E-state index contributed by atoms with van der Waals surface area (Å²) in [5.41, 5.74) is 0.409. The van der Waals surface area contributed by atoms with E-state index in [1.807, 2.05) is 18.2 Å². The van der Waals surface area contributed by atoms with Crippen LogP contribution < -0.4 is 5.32 Å². The van der Waals surface area contributed by atoms with Crippen molar-refractivity contribution in [3.8, 4) is 0 Å². The van der Waals surface area contributed by atoms with E-state index in [9.17, 15) is 30.3 Å². The Labute approximate surface area is 239 Å². The quantitative estimate of drug-likeness (QED) is 0.290. The van der Waals surface area contributed by atoms with Gasteiger partial charge >= 0.3 is 0 Å². The maximum absolute atomic E-state index is 12.9. The monoisotopic (exact) mass is 557 g/mol. The predicted molar refractivity (Wildman–Crippen MR) is 153 cm³/mol. The zero-order chi connectivity index (χ0) is 28.8. The second-order valence-electron chi connectivity index (χ2n) is 14.3. The molecule has 4 saturated carbocycles. The molecule has 4 fully saturated rings. The van der Waals surface area contributed by atoms with E-state index in [0.717, 1.165) is 38.5 Å². The highest BCUT2D eigenvalue weighted by Gasteiger charge is 2.65. The van der Waals surface area contributed by atoms with Crippen LogP contribution in [0.5, 0.6) is 0 Å². The van der Waals surface area contributed by atoms with Crippen LogP contribution in [0.25, 0.3) is 0 Å². The molecule has 0 radical (unpaired) electrons. The summed E-state index contributed by atoms with van der Waals surface area (Å²) in [5, 5.41) is 56.9. The van der Waals surface area contributed by atoms with Gasteiger partial charge in [-0.1, -0.05) is 51.1 Å². The van der Waals surface area contributed by atoms with Crippen molar-refractivity contribution in [3.63, 3.8) is 0 Å². The predicted octanol–water partition coefficient (Wildman–Crippen LogP) is 3.57. The number of rotatable bonds is 8. The molecular weight excluding hydrogens is 506 g/mol. The SMILES string of the molecule is C[C@H](CCC(=O)N[C@H](CO)[C@H](O)c1ccccc1)[C@H]1CC[C@H]2[C@@H]3C(O)C[C@@H]4C[C@H](O)CC[C@]4(C)[C@H]3C[C@H](O)[C@]12C. The number of carbonyl (C=O) groups is 1. The lowest BCUT2D eigenvalue weighted by Gasteiger charge is -2.63. The Morgan fingerprint density at radius 3 is 2.45 bits per heavy atom. The summed E-state index contributed by atoms with van der Waals surface area (Å²) in [5.74, 6) is 1.29. The Kier molecular flexibility index (Phi) is 8.72. The number of aliphatic hydroxyl groups excluding tert-OH is 5. The summed E-state index contributed by atoms with van der Waals surface area (Å²) in [6.07, 6.45) is 4.83. The molecule has 40 heavy (non-hydrogen) atoms. The van der Waals surface area contributed by atoms with Gasteiger partial charge in [0.1, 0.15) is 6.10 Å². The molecule has 0 saturated heterocycles. The van der Waals surface area contributed by atoms with Crippen molar-refractivity contribution < 1.29 is 30.3 Å². The largest absolute Gasteiger partial charge is 0.394 e. The minimum atomic E-state index is -0.983. The van der Waals surface area contributed by atoms with Crippen LogP contribution in [0.2, 0.25) is 0 Å². The number of fused-ring (bicyclic) bond motifs is 5. The lowest BCUT2D eigenvalue weighted by molar-refractivity contribution is -0.207. The van der Waals surface area contributed by atoms with Gasteiger partial charge in [-0.25, -0.2) is 0 Å². The van der Waals surface area contributed by atoms with Gasteiger partial charge in [0.2, 0.25) is 5.91 Å². The van der Waals surface area contributed by atoms with E-state index < -0.39 is 24.4 Å². The van der Waals surface area contributed by atoms with Gasteiger partial charge in [-0.3, -0.25) is 4.79 Å². The molecule has 4 aliphatic rings. The van der Waals surface area contributed by atoms with Crippen LogP contribution in [0.4, 0.5) is 0 Å². The molecule has 0 aromatic heterocycles. The third-order valence-corrected chi connectivity index (χ3v) is 12.4. The first-order chi connectivity index (χ1) is 19.0. The van der Waals surface area contributed by atoms with Crippen LogP contribution in [0.1, 0.15) is 90.2 Å². The van der Waals surface area contributed by atoms with Crippen molar-refractivity contribution >= 4 is 5.91 Å². The molecule has 1 aromatic carbocycles. The Morgan fingerprint density at radius 1 is 1.02 bits per heavy atom. The number of nitrogens with one attached hydrogen (secondary N) is 1. The van der Waals surface area contributed by atoms with Gasteiger partial charge in [-0.15, -0.1) is 0 Å². The molecule has 7 nitrogen and oxygen atoms in total. The molecular formula is C33H51NO6. The fourth-order valence-electron chi connectivity index (χ4n) is 10.1. The fourth-order valence-corrected chi connectivity index (χ4v) is 10.1. The number of hydrogen-bond donors (Lipinski definition) is 6.